The minimum Gasteiger partial charge on any atom is -0.206 e. The van der Waals surface area contributed by atoms with Crippen LogP contribution in [0.4, 0.5) is 4.39 Å². The Morgan fingerprint density at radius 3 is 2.72 bits per heavy atom. The molecule has 0 aromatic heterocycles. The van der Waals surface area contributed by atoms with Gasteiger partial charge in [-0.3, -0.25) is 0 Å². The highest BCUT2D eigenvalue weighted by molar-refractivity contribution is 7.99. The van der Waals surface area contributed by atoms with E-state index in [2.05, 4.69) is 0 Å². The lowest BCUT2D eigenvalue weighted by Gasteiger charge is -2.06. The van der Waals surface area contributed by atoms with Crippen molar-refractivity contribution in [2.75, 3.05) is 0 Å². The lowest BCUT2D eigenvalue weighted by atomic mass is 10.2. The van der Waals surface area contributed by atoms with Gasteiger partial charge in [-0.2, -0.15) is 5.26 Å². The van der Waals surface area contributed by atoms with Crippen LogP contribution in [-0.4, -0.2) is 0 Å². The molecule has 90 valence electrons. The second-order valence-corrected chi connectivity index (χ2v) is 5.34. The van der Waals surface area contributed by atoms with Crippen molar-refractivity contribution in [2.45, 2.75) is 16.7 Å². The molecule has 18 heavy (non-hydrogen) atoms. The summed E-state index contributed by atoms with van der Waals surface area (Å²) in [6.45, 7) is 1.94. The molecule has 0 aliphatic carbocycles. The Labute approximate surface area is 114 Å². The SMILES string of the molecule is Cc1cc(Cl)cc(Sc2cccc(F)c2C#N)c1. The van der Waals surface area contributed by atoms with E-state index in [0.717, 1.165) is 10.5 Å². The molecule has 0 radical (unpaired) electrons. The normalized spacial score (nSPS) is 10.1. The van der Waals surface area contributed by atoms with E-state index in [4.69, 9.17) is 16.9 Å². The number of nitrogens with zero attached hydrogens (tertiary/aromatic N) is 1. The van der Waals surface area contributed by atoms with E-state index >= 15 is 0 Å². The average molecular weight is 278 g/mol. The summed E-state index contributed by atoms with van der Waals surface area (Å²) in [5, 5.41) is 9.59. The van der Waals surface area contributed by atoms with Gasteiger partial charge in [0.2, 0.25) is 0 Å². The molecule has 0 fully saturated rings. The summed E-state index contributed by atoms with van der Waals surface area (Å²) in [7, 11) is 0. The van der Waals surface area contributed by atoms with E-state index < -0.39 is 5.82 Å². The lowest BCUT2D eigenvalue weighted by molar-refractivity contribution is 0.620. The van der Waals surface area contributed by atoms with E-state index in [1.54, 1.807) is 18.2 Å². The fourth-order valence-corrected chi connectivity index (χ4v) is 3.02. The van der Waals surface area contributed by atoms with E-state index in [0.29, 0.717) is 9.92 Å². The molecule has 2 aromatic carbocycles. The first-order valence-corrected chi connectivity index (χ1v) is 6.43. The summed E-state index contributed by atoms with van der Waals surface area (Å²) < 4.78 is 13.4. The molecule has 2 aromatic rings. The first-order valence-electron chi connectivity index (χ1n) is 5.24. The van der Waals surface area contributed by atoms with Gasteiger partial charge in [0.1, 0.15) is 17.4 Å². The maximum absolute atomic E-state index is 13.4. The van der Waals surface area contributed by atoms with Crippen LogP contribution in [0.5, 0.6) is 0 Å². The average Bonchev–Trinajstić information content (AvgIpc) is 2.27. The molecule has 0 aliphatic heterocycles. The summed E-state index contributed by atoms with van der Waals surface area (Å²) >= 11 is 7.30. The van der Waals surface area contributed by atoms with Crippen LogP contribution in [0.25, 0.3) is 0 Å². The number of benzene rings is 2. The van der Waals surface area contributed by atoms with Crippen molar-refractivity contribution >= 4 is 23.4 Å². The summed E-state index contributed by atoms with van der Waals surface area (Å²) in [6.07, 6.45) is 0. The van der Waals surface area contributed by atoms with Gasteiger partial charge in [-0.25, -0.2) is 4.39 Å². The quantitative estimate of drug-likeness (QED) is 0.786. The Kier molecular flexibility index (Phi) is 3.90. The van der Waals surface area contributed by atoms with Crippen molar-refractivity contribution < 1.29 is 4.39 Å². The summed E-state index contributed by atoms with van der Waals surface area (Å²) in [5.74, 6) is -0.499. The van der Waals surface area contributed by atoms with Crippen LogP contribution in [0.2, 0.25) is 5.02 Å². The molecule has 0 unspecified atom stereocenters. The van der Waals surface area contributed by atoms with Gasteiger partial charge in [-0.1, -0.05) is 29.4 Å². The van der Waals surface area contributed by atoms with Gasteiger partial charge >= 0.3 is 0 Å². The third-order valence-corrected chi connectivity index (χ3v) is 3.58. The van der Waals surface area contributed by atoms with Gasteiger partial charge in [0.25, 0.3) is 0 Å². The van der Waals surface area contributed by atoms with E-state index in [9.17, 15) is 4.39 Å². The van der Waals surface area contributed by atoms with Crippen LogP contribution in [0, 0.1) is 24.1 Å². The monoisotopic (exact) mass is 277 g/mol. The molecule has 0 aliphatic rings. The van der Waals surface area contributed by atoms with Crippen molar-refractivity contribution in [1.82, 2.24) is 0 Å². The van der Waals surface area contributed by atoms with Crippen LogP contribution in [0.3, 0.4) is 0 Å². The third-order valence-electron chi connectivity index (χ3n) is 2.33. The minimum absolute atomic E-state index is 0.0696. The number of nitriles is 1. The molecule has 0 atom stereocenters. The molecule has 2 rings (SSSR count). The van der Waals surface area contributed by atoms with Crippen molar-refractivity contribution in [1.29, 1.82) is 5.26 Å². The van der Waals surface area contributed by atoms with Crippen molar-refractivity contribution in [2.24, 2.45) is 0 Å². The zero-order valence-corrected chi connectivity index (χ0v) is 11.1. The number of aryl methyl sites for hydroxylation is 1. The standard InChI is InChI=1S/C14H9ClFNS/c1-9-5-10(15)7-11(6-9)18-14-4-2-3-13(16)12(14)8-17/h2-7H,1H3. The first-order chi connectivity index (χ1) is 8.60. The molecule has 0 bridgehead atoms. The molecule has 0 saturated carbocycles. The maximum atomic E-state index is 13.4. The molecule has 1 nitrogen and oxygen atoms in total. The van der Waals surface area contributed by atoms with Crippen molar-refractivity contribution in [3.05, 3.63) is 58.4 Å². The lowest BCUT2D eigenvalue weighted by Crippen LogP contribution is -1.87. The third kappa shape index (κ3) is 2.84. The van der Waals surface area contributed by atoms with Gasteiger partial charge in [0.05, 0.1) is 0 Å². The van der Waals surface area contributed by atoms with Crippen LogP contribution < -0.4 is 0 Å². The Morgan fingerprint density at radius 1 is 1.28 bits per heavy atom. The van der Waals surface area contributed by atoms with Crippen LogP contribution in [-0.2, 0) is 0 Å². The number of hydrogen-bond acceptors (Lipinski definition) is 2. The predicted octanol–water partition coefficient (Wildman–Crippen LogP) is 4.81. The molecule has 0 spiro atoms. The van der Waals surface area contributed by atoms with Gasteiger partial charge in [-0.05, 0) is 42.8 Å². The Balaban J connectivity index is 2.40. The highest BCUT2D eigenvalue weighted by Crippen LogP contribution is 2.33. The molecule has 0 N–H and O–H groups in total. The summed E-state index contributed by atoms with van der Waals surface area (Å²) in [6, 6.07) is 12.1. The van der Waals surface area contributed by atoms with Gasteiger partial charge < -0.3 is 0 Å². The fraction of sp³-hybridized carbons (Fsp3) is 0.0714. The number of hydrogen-bond donors (Lipinski definition) is 0. The first kappa shape index (κ1) is 12.9. The van der Waals surface area contributed by atoms with Crippen molar-refractivity contribution in [3.8, 4) is 6.07 Å². The van der Waals surface area contributed by atoms with E-state index in [-0.39, 0.29) is 5.56 Å². The number of halogens is 2. The van der Waals surface area contributed by atoms with Crippen molar-refractivity contribution in [3.63, 3.8) is 0 Å². The fourth-order valence-electron chi connectivity index (χ4n) is 1.59. The maximum Gasteiger partial charge on any atom is 0.142 e. The summed E-state index contributed by atoms with van der Waals surface area (Å²) in [5.41, 5.74) is 1.10. The molecule has 0 amide bonds. The molecular formula is C14H9ClFNS. The van der Waals surface area contributed by atoms with Gasteiger partial charge in [0, 0.05) is 14.8 Å². The highest BCUT2D eigenvalue weighted by atomic mass is 35.5. The second kappa shape index (κ2) is 5.43. The molecular weight excluding hydrogens is 269 g/mol. The van der Waals surface area contributed by atoms with E-state index in [1.807, 2.05) is 25.1 Å². The Morgan fingerprint density at radius 2 is 2.06 bits per heavy atom. The van der Waals surface area contributed by atoms with Gasteiger partial charge in [0.15, 0.2) is 0 Å². The zero-order valence-electron chi connectivity index (χ0n) is 9.58. The number of rotatable bonds is 2. The Hall–Kier alpha value is -1.50. The smallest absolute Gasteiger partial charge is 0.142 e. The van der Waals surface area contributed by atoms with E-state index in [1.165, 1.54) is 17.8 Å². The minimum atomic E-state index is -0.499. The molecule has 0 heterocycles. The molecule has 4 heteroatoms. The predicted molar refractivity (Wildman–Crippen MR) is 71.4 cm³/mol. The molecule has 0 saturated heterocycles. The topological polar surface area (TPSA) is 23.8 Å². The largest absolute Gasteiger partial charge is 0.206 e. The van der Waals surface area contributed by atoms with Crippen LogP contribution in [0.1, 0.15) is 11.1 Å². The zero-order chi connectivity index (χ0) is 13.1. The summed E-state index contributed by atoms with van der Waals surface area (Å²) in [4.78, 5) is 1.49. The van der Waals surface area contributed by atoms with Gasteiger partial charge in [-0.15, -0.1) is 0 Å². The van der Waals surface area contributed by atoms with Crippen LogP contribution in [0.15, 0.2) is 46.2 Å². The highest BCUT2D eigenvalue weighted by Gasteiger charge is 2.09. The van der Waals surface area contributed by atoms with Crippen LogP contribution >= 0.6 is 23.4 Å². The Bertz CT molecular complexity index is 614. The second-order valence-electron chi connectivity index (χ2n) is 3.79.